The van der Waals surface area contributed by atoms with Crippen molar-refractivity contribution in [2.75, 3.05) is 0 Å². The van der Waals surface area contributed by atoms with Crippen molar-refractivity contribution in [1.29, 1.82) is 0 Å². The first-order valence-electron chi connectivity index (χ1n) is 7.90. The maximum Gasteiger partial charge on any atom is 0.270 e. The minimum Gasteiger partial charge on any atom is -0.298 e. The van der Waals surface area contributed by atoms with Gasteiger partial charge in [-0.25, -0.2) is 4.98 Å². The van der Waals surface area contributed by atoms with Crippen molar-refractivity contribution in [3.05, 3.63) is 45.8 Å². The average Bonchev–Trinajstić information content (AvgIpc) is 3.04. The Morgan fingerprint density at radius 1 is 1.27 bits per heavy atom. The molecule has 7 nitrogen and oxygen atoms in total. The third-order valence-electron chi connectivity index (χ3n) is 4.06. The fraction of sp³-hybridized carbons (Fsp3) is 0.188. The second-order valence-electron chi connectivity index (χ2n) is 5.88. The van der Waals surface area contributed by atoms with Crippen LogP contribution >= 0.6 is 34.4 Å². The summed E-state index contributed by atoms with van der Waals surface area (Å²) in [5, 5.41) is 22.6. The normalized spacial score (nSPS) is 14.2. The lowest BCUT2D eigenvalue weighted by atomic mass is 10.3. The summed E-state index contributed by atoms with van der Waals surface area (Å²) >= 11 is 4.57. The predicted octanol–water partition coefficient (Wildman–Crippen LogP) is 5.01. The minimum absolute atomic E-state index is 0.0822. The number of thiophene rings is 1. The minimum atomic E-state index is -0.386. The number of non-ortho nitro benzene ring substituents is 1. The third kappa shape index (κ3) is 2.79. The highest BCUT2D eigenvalue weighted by Crippen LogP contribution is 2.44. The summed E-state index contributed by atoms with van der Waals surface area (Å²) in [5.74, 6) is 0.904. The molecule has 3 aromatic heterocycles. The van der Waals surface area contributed by atoms with Gasteiger partial charge < -0.3 is 0 Å². The fourth-order valence-corrected chi connectivity index (χ4v) is 5.52. The van der Waals surface area contributed by atoms with Gasteiger partial charge in [-0.05, 0) is 42.1 Å². The number of aromatic nitrogens is 4. The number of fused-ring (bicyclic) bond motifs is 1. The number of nitro benzene ring substituents is 1. The number of rotatable bonds is 5. The van der Waals surface area contributed by atoms with E-state index < -0.39 is 0 Å². The molecule has 0 spiro atoms. The molecule has 0 saturated heterocycles. The molecule has 0 atom stereocenters. The van der Waals surface area contributed by atoms with Crippen molar-refractivity contribution in [3.8, 4) is 10.7 Å². The number of nitrogens with zero attached hydrogens (tertiary/aromatic N) is 5. The molecule has 5 rings (SSSR count). The maximum absolute atomic E-state index is 10.9. The summed E-state index contributed by atoms with van der Waals surface area (Å²) in [4.78, 5) is 16.3. The van der Waals surface area contributed by atoms with E-state index in [2.05, 4.69) is 25.8 Å². The number of nitro groups is 1. The van der Waals surface area contributed by atoms with Crippen molar-refractivity contribution < 1.29 is 4.92 Å². The summed E-state index contributed by atoms with van der Waals surface area (Å²) in [6.45, 7) is 0. The molecule has 1 fully saturated rings. The number of benzene rings is 1. The van der Waals surface area contributed by atoms with E-state index in [0.717, 1.165) is 43.3 Å². The molecular formula is C16H11N5O2S3. The lowest BCUT2D eigenvalue weighted by Crippen LogP contribution is -1.98. The molecule has 0 amide bonds. The fourth-order valence-electron chi connectivity index (χ4n) is 2.71. The largest absolute Gasteiger partial charge is 0.298 e. The van der Waals surface area contributed by atoms with E-state index in [1.54, 1.807) is 23.5 Å². The Bertz CT molecular complexity index is 1110. The van der Waals surface area contributed by atoms with E-state index in [-0.39, 0.29) is 10.6 Å². The highest BCUT2D eigenvalue weighted by atomic mass is 32.2. The zero-order chi connectivity index (χ0) is 17.7. The Hall–Kier alpha value is -2.30. The lowest BCUT2D eigenvalue weighted by Gasteiger charge is -2.06. The number of hydrogen-bond donors (Lipinski definition) is 0. The van der Waals surface area contributed by atoms with E-state index in [1.807, 2.05) is 11.4 Å². The summed E-state index contributed by atoms with van der Waals surface area (Å²) in [5.41, 5.74) is 0.845. The first-order chi connectivity index (χ1) is 12.7. The topological polar surface area (TPSA) is 86.7 Å². The Morgan fingerprint density at radius 2 is 2.15 bits per heavy atom. The lowest BCUT2D eigenvalue weighted by molar-refractivity contribution is -0.384. The maximum atomic E-state index is 10.9. The summed E-state index contributed by atoms with van der Waals surface area (Å²) in [7, 11) is 0. The molecule has 0 bridgehead atoms. The van der Waals surface area contributed by atoms with E-state index >= 15 is 0 Å². The zero-order valence-corrected chi connectivity index (χ0v) is 15.7. The standard InChI is InChI=1S/C16H11N5O2S3/c22-21(23)10-5-6-11-13(8-10)25-16(17-11)26-15-19-18-14(12-2-1-7-24-12)20(15)9-3-4-9/h1-2,5-9H,3-4H2. The van der Waals surface area contributed by atoms with Crippen LogP contribution in [0.15, 0.2) is 45.2 Å². The monoisotopic (exact) mass is 401 g/mol. The van der Waals surface area contributed by atoms with Crippen molar-refractivity contribution in [2.24, 2.45) is 0 Å². The van der Waals surface area contributed by atoms with Gasteiger partial charge in [-0.2, -0.15) is 0 Å². The molecule has 0 radical (unpaired) electrons. The SMILES string of the molecule is O=[N+]([O-])c1ccc2nc(Sc3nnc(-c4cccs4)n3C3CC3)sc2c1. The van der Waals surface area contributed by atoms with Gasteiger partial charge in [-0.1, -0.05) is 6.07 Å². The van der Waals surface area contributed by atoms with Gasteiger partial charge in [-0.3, -0.25) is 14.7 Å². The van der Waals surface area contributed by atoms with Crippen LogP contribution in [0, 0.1) is 10.1 Å². The summed E-state index contributed by atoms with van der Waals surface area (Å²) in [6.07, 6.45) is 2.27. The third-order valence-corrected chi connectivity index (χ3v) is 6.97. The molecule has 1 saturated carbocycles. The Balaban J connectivity index is 1.51. The van der Waals surface area contributed by atoms with Crippen LogP contribution in [-0.2, 0) is 0 Å². The smallest absolute Gasteiger partial charge is 0.270 e. The van der Waals surface area contributed by atoms with E-state index in [0.29, 0.717) is 6.04 Å². The van der Waals surface area contributed by atoms with Crippen LogP contribution < -0.4 is 0 Å². The molecule has 130 valence electrons. The highest BCUT2D eigenvalue weighted by Gasteiger charge is 2.31. The Morgan fingerprint density at radius 3 is 2.88 bits per heavy atom. The molecule has 1 aromatic carbocycles. The van der Waals surface area contributed by atoms with Gasteiger partial charge >= 0.3 is 0 Å². The average molecular weight is 401 g/mol. The molecule has 10 heteroatoms. The van der Waals surface area contributed by atoms with Gasteiger partial charge in [0.2, 0.25) is 0 Å². The van der Waals surface area contributed by atoms with E-state index in [4.69, 9.17) is 0 Å². The van der Waals surface area contributed by atoms with Crippen molar-refractivity contribution in [3.63, 3.8) is 0 Å². The quantitative estimate of drug-likeness (QED) is 0.345. The summed E-state index contributed by atoms with van der Waals surface area (Å²) in [6, 6.07) is 9.26. The predicted molar refractivity (Wildman–Crippen MR) is 102 cm³/mol. The molecule has 4 aromatic rings. The molecule has 0 unspecified atom stereocenters. The van der Waals surface area contributed by atoms with Crippen LogP contribution in [0.2, 0.25) is 0 Å². The van der Waals surface area contributed by atoms with Crippen LogP contribution in [0.4, 0.5) is 5.69 Å². The van der Waals surface area contributed by atoms with Gasteiger partial charge in [0.05, 0.1) is 20.0 Å². The Kier molecular flexibility index (Phi) is 3.76. The van der Waals surface area contributed by atoms with Crippen LogP contribution in [-0.4, -0.2) is 24.7 Å². The molecule has 0 N–H and O–H groups in total. The van der Waals surface area contributed by atoms with Gasteiger partial charge in [0.15, 0.2) is 15.3 Å². The number of hydrogen-bond acceptors (Lipinski definition) is 8. The van der Waals surface area contributed by atoms with Crippen molar-refractivity contribution in [2.45, 2.75) is 28.4 Å². The van der Waals surface area contributed by atoms with Crippen molar-refractivity contribution in [1.82, 2.24) is 19.7 Å². The van der Waals surface area contributed by atoms with Gasteiger partial charge in [0.25, 0.3) is 5.69 Å². The highest BCUT2D eigenvalue weighted by molar-refractivity contribution is 8.01. The molecule has 0 aliphatic heterocycles. The van der Waals surface area contributed by atoms with Gasteiger partial charge in [0, 0.05) is 18.2 Å². The first kappa shape index (κ1) is 15.9. The van der Waals surface area contributed by atoms with E-state index in [1.165, 1.54) is 29.2 Å². The molecule has 3 heterocycles. The Labute approximate surface area is 159 Å². The first-order valence-corrected chi connectivity index (χ1v) is 10.4. The molecule has 1 aliphatic rings. The van der Waals surface area contributed by atoms with Gasteiger partial charge in [-0.15, -0.1) is 32.9 Å². The zero-order valence-electron chi connectivity index (χ0n) is 13.2. The molecule has 1 aliphatic carbocycles. The van der Waals surface area contributed by atoms with E-state index in [9.17, 15) is 10.1 Å². The second kappa shape index (κ2) is 6.15. The molecule has 26 heavy (non-hydrogen) atoms. The summed E-state index contributed by atoms with van der Waals surface area (Å²) < 4.78 is 3.82. The number of thiazole rings is 1. The van der Waals surface area contributed by atoms with Gasteiger partial charge in [0.1, 0.15) is 0 Å². The molecular weight excluding hydrogens is 390 g/mol. The van der Waals surface area contributed by atoms with Crippen molar-refractivity contribution >= 4 is 50.3 Å². The van der Waals surface area contributed by atoms with Crippen LogP contribution in [0.3, 0.4) is 0 Å². The van der Waals surface area contributed by atoms with Crippen LogP contribution in [0.5, 0.6) is 0 Å². The second-order valence-corrected chi connectivity index (χ2v) is 9.07. The van der Waals surface area contributed by atoms with Crippen LogP contribution in [0.1, 0.15) is 18.9 Å². The van der Waals surface area contributed by atoms with Crippen LogP contribution in [0.25, 0.3) is 20.9 Å².